The summed E-state index contributed by atoms with van der Waals surface area (Å²) in [6, 6.07) is 0. The lowest BCUT2D eigenvalue weighted by Crippen LogP contribution is -1.94. The third kappa shape index (κ3) is 10.7. The molecule has 0 bridgehead atoms. The van der Waals surface area contributed by atoms with Gasteiger partial charge in [0.05, 0.1) is 4.43 Å². The molecular formula is C14H25IO. The SMILES string of the molecule is CCCCCCCCC/C(C)=C\C(=O)CI. The maximum atomic E-state index is 11.1. The van der Waals surface area contributed by atoms with Crippen molar-refractivity contribution in [1.29, 1.82) is 0 Å². The molecule has 0 saturated heterocycles. The van der Waals surface area contributed by atoms with Gasteiger partial charge in [0.2, 0.25) is 0 Å². The van der Waals surface area contributed by atoms with Crippen molar-refractivity contribution in [1.82, 2.24) is 0 Å². The molecule has 0 radical (unpaired) electrons. The zero-order valence-corrected chi connectivity index (χ0v) is 12.9. The van der Waals surface area contributed by atoms with Gasteiger partial charge in [0.15, 0.2) is 5.78 Å². The van der Waals surface area contributed by atoms with E-state index in [0.29, 0.717) is 4.43 Å². The fourth-order valence-electron chi connectivity index (χ4n) is 1.75. The van der Waals surface area contributed by atoms with Gasteiger partial charge in [0, 0.05) is 0 Å². The Balaban J connectivity index is 3.37. The van der Waals surface area contributed by atoms with Gasteiger partial charge in [-0.1, -0.05) is 73.6 Å². The minimum Gasteiger partial charge on any atom is -0.294 e. The van der Waals surface area contributed by atoms with Crippen LogP contribution in [0.2, 0.25) is 0 Å². The van der Waals surface area contributed by atoms with Crippen molar-refractivity contribution in [2.45, 2.75) is 65.2 Å². The van der Waals surface area contributed by atoms with E-state index in [1.54, 1.807) is 0 Å². The van der Waals surface area contributed by atoms with Gasteiger partial charge in [-0.2, -0.15) is 0 Å². The minimum atomic E-state index is 0.251. The van der Waals surface area contributed by atoms with Crippen LogP contribution in [-0.4, -0.2) is 10.2 Å². The lowest BCUT2D eigenvalue weighted by atomic mass is 10.0. The molecule has 0 saturated carbocycles. The van der Waals surface area contributed by atoms with E-state index >= 15 is 0 Å². The Morgan fingerprint density at radius 3 is 2.19 bits per heavy atom. The van der Waals surface area contributed by atoms with E-state index < -0.39 is 0 Å². The average molecular weight is 336 g/mol. The summed E-state index contributed by atoms with van der Waals surface area (Å²) >= 11 is 2.12. The lowest BCUT2D eigenvalue weighted by molar-refractivity contribution is -0.112. The molecule has 0 N–H and O–H groups in total. The topological polar surface area (TPSA) is 17.1 Å². The van der Waals surface area contributed by atoms with Crippen molar-refractivity contribution in [2.24, 2.45) is 0 Å². The number of ketones is 1. The molecule has 0 amide bonds. The third-order valence-corrected chi connectivity index (χ3v) is 3.47. The van der Waals surface area contributed by atoms with Crippen molar-refractivity contribution < 1.29 is 4.79 Å². The molecule has 0 atom stereocenters. The predicted molar refractivity (Wildman–Crippen MR) is 80.3 cm³/mol. The quantitative estimate of drug-likeness (QED) is 0.235. The Morgan fingerprint density at radius 2 is 1.62 bits per heavy atom. The summed E-state index contributed by atoms with van der Waals surface area (Å²) in [7, 11) is 0. The molecule has 0 heterocycles. The first-order chi connectivity index (χ1) is 7.70. The molecule has 0 aliphatic carbocycles. The Labute approximate surface area is 114 Å². The maximum Gasteiger partial charge on any atom is 0.165 e. The Bertz CT molecular complexity index is 209. The molecular weight excluding hydrogens is 311 g/mol. The number of rotatable bonds is 10. The summed E-state index contributed by atoms with van der Waals surface area (Å²) in [5, 5.41) is 0. The fraction of sp³-hybridized carbons (Fsp3) is 0.786. The Morgan fingerprint density at radius 1 is 1.06 bits per heavy atom. The zero-order chi connectivity index (χ0) is 12.2. The molecule has 0 aromatic heterocycles. The van der Waals surface area contributed by atoms with Gasteiger partial charge in [-0.3, -0.25) is 4.79 Å². The van der Waals surface area contributed by atoms with E-state index in [4.69, 9.17) is 0 Å². The van der Waals surface area contributed by atoms with E-state index in [1.807, 2.05) is 6.08 Å². The third-order valence-electron chi connectivity index (χ3n) is 2.71. The van der Waals surface area contributed by atoms with Gasteiger partial charge < -0.3 is 0 Å². The highest BCUT2D eigenvalue weighted by Crippen LogP contribution is 2.12. The van der Waals surface area contributed by atoms with E-state index in [0.717, 1.165) is 6.42 Å². The number of alkyl halides is 1. The second-order valence-electron chi connectivity index (χ2n) is 4.46. The van der Waals surface area contributed by atoms with Crippen LogP contribution < -0.4 is 0 Å². The van der Waals surface area contributed by atoms with E-state index in [1.165, 1.54) is 50.5 Å². The van der Waals surface area contributed by atoms with Gasteiger partial charge >= 0.3 is 0 Å². The minimum absolute atomic E-state index is 0.251. The van der Waals surface area contributed by atoms with Crippen molar-refractivity contribution in [3.63, 3.8) is 0 Å². The van der Waals surface area contributed by atoms with Crippen LogP contribution in [-0.2, 0) is 4.79 Å². The van der Waals surface area contributed by atoms with Gasteiger partial charge in [-0.25, -0.2) is 0 Å². The highest BCUT2D eigenvalue weighted by Gasteiger charge is 1.96. The molecule has 2 heteroatoms. The number of allylic oxidation sites excluding steroid dienone is 2. The number of hydrogen-bond acceptors (Lipinski definition) is 1. The highest BCUT2D eigenvalue weighted by molar-refractivity contribution is 14.1. The summed E-state index contributed by atoms with van der Waals surface area (Å²) < 4.78 is 0.603. The van der Waals surface area contributed by atoms with Crippen LogP contribution in [0, 0.1) is 0 Å². The maximum absolute atomic E-state index is 11.1. The fourth-order valence-corrected chi connectivity index (χ4v) is 1.97. The highest BCUT2D eigenvalue weighted by atomic mass is 127. The number of hydrogen-bond donors (Lipinski definition) is 0. The first-order valence-electron chi connectivity index (χ1n) is 6.46. The molecule has 0 unspecified atom stereocenters. The van der Waals surface area contributed by atoms with Gasteiger partial charge in [-0.05, 0) is 25.8 Å². The number of unbranched alkanes of at least 4 members (excludes halogenated alkanes) is 6. The van der Waals surface area contributed by atoms with Crippen LogP contribution in [0.15, 0.2) is 11.6 Å². The van der Waals surface area contributed by atoms with Crippen LogP contribution in [0.4, 0.5) is 0 Å². The average Bonchev–Trinajstić information content (AvgIpc) is 2.27. The monoisotopic (exact) mass is 336 g/mol. The molecule has 0 spiro atoms. The second kappa shape index (κ2) is 11.6. The predicted octanol–water partition coefficient (Wildman–Crippen LogP) is 5.08. The lowest BCUT2D eigenvalue weighted by Gasteiger charge is -2.02. The van der Waals surface area contributed by atoms with Crippen LogP contribution in [0.1, 0.15) is 65.2 Å². The standard InChI is InChI=1S/C14H25IO/c1-3-4-5-6-7-8-9-10-13(2)11-14(16)12-15/h11H,3-10,12H2,1-2H3/b13-11-. The largest absolute Gasteiger partial charge is 0.294 e. The van der Waals surface area contributed by atoms with Gasteiger partial charge in [0.1, 0.15) is 0 Å². The van der Waals surface area contributed by atoms with Gasteiger partial charge in [-0.15, -0.1) is 0 Å². The van der Waals surface area contributed by atoms with Crippen molar-refractivity contribution in [3.05, 3.63) is 11.6 Å². The molecule has 16 heavy (non-hydrogen) atoms. The Kier molecular flexibility index (Phi) is 11.7. The summed E-state index contributed by atoms with van der Waals surface area (Å²) in [6.07, 6.45) is 12.3. The first-order valence-corrected chi connectivity index (χ1v) is 7.99. The van der Waals surface area contributed by atoms with E-state index in [2.05, 4.69) is 36.4 Å². The van der Waals surface area contributed by atoms with Crippen LogP contribution in [0.25, 0.3) is 0 Å². The van der Waals surface area contributed by atoms with Crippen LogP contribution >= 0.6 is 22.6 Å². The smallest absolute Gasteiger partial charge is 0.165 e. The molecule has 0 aliphatic rings. The van der Waals surface area contributed by atoms with Gasteiger partial charge in [0.25, 0.3) is 0 Å². The number of halogens is 1. The van der Waals surface area contributed by atoms with Crippen molar-refractivity contribution >= 4 is 28.4 Å². The first kappa shape index (κ1) is 16.1. The molecule has 0 aromatic carbocycles. The molecule has 0 rings (SSSR count). The van der Waals surface area contributed by atoms with Crippen molar-refractivity contribution in [2.75, 3.05) is 4.43 Å². The molecule has 0 aromatic rings. The molecule has 94 valence electrons. The summed E-state index contributed by atoms with van der Waals surface area (Å²) in [5.41, 5.74) is 1.25. The Hall–Kier alpha value is 0.140. The normalized spacial score (nSPS) is 11.8. The number of carbonyl (C=O) groups is 1. The van der Waals surface area contributed by atoms with Crippen LogP contribution in [0.3, 0.4) is 0 Å². The summed E-state index contributed by atoms with van der Waals surface area (Å²) in [5.74, 6) is 0.251. The summed E-state index contributed by atoms with van der Waals surface area (Å²) in [6.45, 7) is 4.32. The molecule has 0 fully saturated rings. The van der Waals surface area contributed by atoms with E-state index in [9.17, 15) is 4.79 Å². The number of carbonyl (C=O) groups excluding carboxylic acids is 1. The second-order valence-corrected chi connectivity index (χ2v) is 5.22. The van der Waals surface area contributed by atoms with Crippen LogP contribution in [0.5, 0.6) is 0 Å². The zero-order valence-electron chi connectivity index (χ0n) is 10.7. The van der Waals surface area contributed by atoms with Crippen molar-refractivity contribution in [3.8, 4) is 0 Å². The molecule has 0 aliphatic heterocycles. The molecule has 1 nitrogen and oxygen atoms in total. The van der Waals surface area contributed by atoms with E-state index in [-0.39, 0.29) is 5.78 Å². The summed E-state index contributed by atoms with van der Waals surface area (Å²) in [4.78, 5) is 11.1.